The molecule has 5 aliphatic heterocycles. The lowest BCUT2D eigenvalue weighted by Crippen LogP contribution is -2.81. The van der Waals surface area contributed by atoms with Gasteiger partial charge in [0.1, 0.15) is 29.0 Å². The number of nitrogens with one attached hydrogen (secondary N) is 6. The number of aliphatic hydroxyl groups is 3. The molecule has 1 spiro atoms. The van der Waals surface area contributed by atoms with E-state index in [9.17, 15) is 39.6 Å². The zero-order chi connectivity index (χ0) is 91.5. The van der Waals surface area contributed by atoms with E-state index in [0.717, 1.165) is 45.0 Å². The van der Waals surface area contributed by atoms with Crippen LogP contribution in [0.2, 0.25) is 32.2 Å². The summed E-state index contributed by atoms with van der Waals surface area (Å²) in [6.07, 6.45) is 12.8. The van der Waals surface area contributed by atoms with Gasteiger partial charge in [-0.15, -0.1) is 5.10 Å². The smallest absolute Gasteiger partial charge is 0.326 e. The zero-order valence-electron chi connectivity index (χ0n) is 74.9. The maximum atomic E-state index is 15.6. The van der Waals surface area contributed by atoms with Crippen LogP contribution in [0.5, 0.6) is 5.75 Å². The SMILES string of the molecule is CC[C@]1(O)C[C@H]2C[C@](C(=O)OC)(c3cc4c(cc3OC)N(C)[C@H]3[C@@](O)(C(=O)NCCC[Si](C)(C)O[Si](C)(C)CSc5ncc(Cn6cc(COCCOCCOCCOCCOCCOCCNC(=O)CC[C@H](NC(=O)c7ccc(NCc8cnc9nc(N)[nH]c(=O)c9n8)cc7)C(=O)O)nn6)cn5)[C@H](O)[C@]5(CC)C=CCN6CC[C@]43[C@@H]65)c3[nH]c4ccccc4c3CCN2C1. The summed E-state index contributed by atoms with van der Waals surface area (Å²) in [4.78, 5) is 115. The van der Waals surface area contributed by atoms with E-state index < -0.39 is 97.5 Å². The molecule has 8 aromatic rings. The van der Waals surface area contributed by atoms with Gasteiger partial charge >= 0.3 is 11.9 Å². The fourth-order valence-electron chi connectivity index (χ4n) is 20.2. The number of hydrogen-bond acceptors (Lipinski definition) is 31. The second kappa shape index (κ2) is 41.4. The van der Waals surface area contributed by atoms with E-state index in [1.165, 1.54) is 25.4 Å². The molecule has 12 N–H and O–H groups in total. The molecule has 3 fully saturated rings. The summed E-state index contributed by atoms with van der Waals surface area (Å²) in [5, 5.41) is 71.3. The van der Waals surface area contributed by atoms with E-state index in [-0.39, 0.29) is 93.5 Å². The molecular weight excluding hydrogens is 1710 g/mol. The van der Waals surface area contributed by atoms with Crippen molar-refractivity contribution in [1.29, 1.82) is 0 Å². The number of thioether (sulfide) groups is 1. The van der Waals surface area contributed by atoms with E-state index in [4.69, 9.17) is 47.7 Å². The number of carboxylic acid groups (broad SMARTS) is 1. The average Bonchev–Trinajstić information content (AvgIpc) is 1.48. The number of fused-ring (bicyclic) bond motifs is 6. The lowest BCUT2D eigenvalue weighted by molar-refractivity contribution is -0.203. The minimum Gasteiger partial charge on any atom is -0.496 e. The van der Waals surface area contributed by atoms with Crippen molar-refractivity contribution in [3.8, 4) is 5.75 Å². The average molecular weight is 1840 g/mol. The van der Waals surface area contributed by atoms with E-state index in [0.29, 0.717) is 170 Å². The number of methoxy groups -OCH3 is 2. The number of benzene rings is 3. The first-order valence-corrected chi connectivity index (χ1v) is 51.6. The highest BCUT2D eigenvalue weighted by atomic mass is 32.2. The topological polar surface area (TPSA) is 477 Å². The van der Waals surface area contributed by atoms with Crippen LogP contribution in [0, 0.1) is 5.41 Å². The number of esters is 1. The van der Waals surface area contributed by atoms with Crippen LogP contribution in [-0.2, 0) is 93.4 Å². The maximum absolute atomic E-state index is 15.6. The number of aliphatic hydroxyl groups excluding tert-OH is 1. The number of nitrogen functional groups attached to an aromatic ring is 1. The van der Waals surface area contributed by atoms with Crippen LogP contribution in [0.25, 0.3) is 22.1 Å². The number of aliphatic carboxylic acids is 1. The van der Waals surface area contributed by atoms with Crippen LogP contribution in [0.3, 0.4) is 0 Å². The van der Waals surface area contributed by atoms with E-state index in [2.05, 4.69) is 127 Å². The number of carbonyl (C=O) groups excluding carboxylic acids is 4. The molecule has 3 amide bonds. The number of carbonyl (C=O) groups is 5. The fraction of sp³-hybridized carbons (Fsp3) is 0.562. The molecule has 40 heteroatoms. The molecule has 0 bridgehead atoms. The third-order valence-corrected chi connectivity index (χ3v) is 35.9. The Morgan fingerprint density at radius 2 is 1.48 bits per heavy atom. The van der Waals surface area contributed by atoms with Gasteiger partial charge in [-0.3, -0.25) is 38.8 Å². The standard InChI is InChI=1S/C89H122N18O19SSi2/c1-10-85(116)46-62-47-88(82(115)119-5,73-64(24-30-106(62)55-85)63-16-12-13-17-67(63)98-73)66-44-65-69(45-70(66)118-4)104(3)79-87(65)26-31-105-29-14-25-86(11-2,78(87)105)80(113)89(79,117)81(114)92-27-15-43-128(6,7)126-129(8,9)56-127-84-95-48-57(49-96-84)52-107-53-61(102-103-107)54-125-42-41-124-40-39-123-38-37-122-36-35-121-34-33-120-32-28-91-71(108)23-22-68(77(111)112)99-75(109)58-18-20-59(21-19-58)93-50-60-51-94-74-72(97-60)76(110)101-83(90)100-74/h12-14,16-21,25,44-45,48-49,51,53,62,68,78-80,93,98,113,116-117H,10-11,15,22-24,26-43,46-47,50,52,54-56H2,1-9H3,(H,91,108)(H,92,114)(H,99,109)(H,111,112)(H3,90,94,100,101,110)/t62-,68-,78-,79+,80+,85-,86+,87+,88-,89-/m0/s1. The Labute approximate surface area is 755 Å². The molecule has 2 saturated heterocycles. The number of ether oxygens (including phenoxy) is 8. The number of rotatable bonds is 46. The van der Waals surface area contributed by atoms with Crippen LogP contribution in [-0.4, -0.2) is 306 Å². The number of hydrogen-bond donors (Lipinski definition) is 11. The van der Waals surface area contributed by atoms with Crippen LogP contribution in [0.1, 0.15) is 115 Å². The van der Waals surface area contributed by atoms with Crippen LogP contribution < -0.4 is 42.2 Å². The minimum absolute atomic E-state index is 0.0436. The lowest BCUT2D eigenvalue weighted by atomic mass is 9.47. The van der Waals surface area contributed by atoms with Gasteiger partial charge < -0.3 is 99.3 Å². The highest BCUT2D eigenvalue weighted by Gasteiger charge is 2.79. The monoisotopic (exact) mass is 1830 g/mol. The molecule has 14 rings (SSSR count). The largest absolute Gasteiger partial charge is 0.496 e. The summed E-state index contributed by atoms with van der Waals surface area (Å²) in [6, 6.07) is 16.5. The van der Waals surface area contributed by atoms with Gasteiger partial charge in [0.25, 0.3) is 17.4 Å². The number of amides is 3. The summed E-state index contributed by atoms with van der Waals surface area (Å²) in [7, 11) is 0.296. The Kier molecular flexibility index (Phi) is 30.6. The summed E-state index contributed by atoms with van der Waals surface area (Å²) in [5.41, 5.74) is 6.19. The van der Waals surface area contributed by atoms with Crippen molar-refractivity contribution in [1.82, 2.24) is 75.6 Å². The zero-order valence-corrected chi connectivity index (χ0v) is 77.7. The maximum Gasteiger partial charge on any atom is 0.326 e. The Morgan fingerprint density at radius 3 is 2.17 bits per heavy atom. The van der Waals surface area contributed by atoms with Gasteiger partial charge in [0.05, 0.1) is 136 Å². The highest BCUT2D eigenvalue weighted by Crippen LogP contribution is 2.68. The van der Waals surface area contributed by atoms with Gasteiger partial charge in [-0.1, -0.05) is 61.2 Å². The minimum atomic E-state index is -2.35. The van der Waals surface area contributed by atoms with Gasteiger partial charge in [-0.25, -0.2) is 29.4 Å². The molecule has 3 aromatic carbocycles. The number of aromatic amines is 2. The second-order valence-electron chi connectivity index (χ2n) is 35.5. The van der Waals surface area contributed by atoms with Gasteiger partial charge in [0.15, 0.2) is 38.6 Å². The summed E-state index contributed by atoms with van der Waals surface area (Å²) in [5.74, 6) is -3.00. The Bertz CT molecular complexity index is 5370. The summed E-state index contributed by atoms with van der Waals surface area (Å²) >= 11 is 1.57. The quantitative estimate of drug-likeness (QED) is 0.00576. The normalized spacial score (nSPS) is 23.2. The van der Waals surface area contributed by atoms with E-state index in [1.807, 2.05) is 56.3 Å². The summed E-state index contributed by atoms with van der Waals surface area (Å²) in [6.45, 7) is 20.4. The van der Waals surface area contributed by atoms with Gasteiger partial charge in [-0.05, 0) is 138 Å². The van der Waals surface area contributed by atoms with Crippen molar-refractivity contribution >= 4 is 97.4 Å². The predicted octanol–water partition coefficient (Wildman–Crippen LogP) is 5.29. The van der Waals surface area contributed by atoms with Gasteiger partial charge in [0, 0.05) is 138 Å². The Morgan fingerprint density at radius 1 is 0.775 bits per heavy atom. The number of nitrogens with zero attached hydrogens (tertiary/aromatic N) is 11. The molecule has 10 atom stereocenters. The number of anilines is 3. The first-order valence-electron chi connectivity index (χ1n) is 44.4. The number of carboxylic acids is 1. The van der Waals surface area contributed by atoms with Crippen molar-refractivity contribution in [3.63, 3.8) is 0 Å². The molecule has 0 unspecified atom stereocenters. The number of likely N-dealkylation sites (N-methyl/N-ethyl adjacent to an activating group) is 1. The third-order valence-electron chi connectivity index (χ3n) is 26.1. The van der Waals surface area contributed by atoms with Gasteiger partial charge in [0.2, 0.25) is 11.9 Å². The third kappa shape index (κ3) is 20.8. The number of para-hydroxylation sites is 1. The molecule has 696 valence electrons. The van der Waals surface area contributed by atoms with Crippen LogP contribution >= 0.6 is 11.8 Å². The van der Waals surface area contributed by atoms with Crippen molar-refractivity contribution in [3.05, 3.63) is 153 Å². The fourth-order valence-corrected chi connectivity index (χ4v) is 30.5. The Hall–Kier alpha value is -9.77. The molecule has 6 aliphatic rings. The molecule has 5 aromatic heterocycles. The second-order valence-corrected chi connectivity index (χ2v) is 45.6. The first-order chi connectivity index (χ1) is 62.0. The molecule has 0 radical (unpaired) electrons. The number of aromatic nitrogens is 10. The van der Waals surface area contributed by atoms with Crippen LogP contribution in [0.4, 0.5) is 17.3 Å². The number of nitrogens with two attached hydrogens (primary N) is 1. The van der Waals surface area contributed by atoms with Crippen molar-refractivity contribution in [2.45, 2.75) is 181 Å². The molecule has 1 aliphatic carbocycles. The van der Waals surface area contributed by atoms with E-state index in [1.54, 1.807) is 48.1 Å². The first kappa shape index (κ1) is 95.3. The lowest BCUT2D eigenvalue weighted by Gasteiger charge is -2.63. The van der Waals surface area contributed by atoms with Gasteiger partial charge in [-0.2, -0.15) is 4.98 Å². The molecule has 10 heterocycles. The van der Waals surface area contributed by atoms with Crippen molar-refractivity contribution in [2.75, 3.05) is 155 Å². The molecule has 1 saturated carbocycles. The van der Waals surface area contributed by atoms with Crippen LogP contribution in [0.15, 0.2) is 108 Å². The molecule has 37 nitrogen and oxygen atoms in total. The Balaban J connectivity index is 0.457. The number of H-pyrrole nitrogens is 2. The molecule has 129 heavy (non-hydrogen) atoms. The highest BCUT2D eigenvalue weighted by molar-refractivity contribution is 8.00. The molecular formula is C89H122N18O19SSi2. The van der Waals surface area contributed by atoms with E-state index >= 15 is 9.59 Å². The predicted molar refractivity (Wildman–Crippen MR) is 486 cm³/mol. The van der Waals surface area contributed by atoms with Crippen molar-refractivity contribution in [2.24, 2.45) is 5.41 Å². The van der Waals surface area contributed by atoms with Crippen molar-refractivity contribution < 1.29 is 86.4 Å². The summed E-state index contributed by atoms with van der Waals surface area (Å²) < 4.78 is 55.1.